The zero-order chi connectivity index (χ0) is 17.6. The van der Waals surface area contributed by atoms with Crippen LogP contribution in [0.15, 0.2) is 78.2 Å². The Balaban J connectivity index is 1.96. The van der Waals surface area contributed by atoms with Crippen LogP contribution in [0.25, 0.3) is 0 Å². The molecule has 4 nitrogen and oxygen atoms in total. The first kappa shape index (κ1) is 17.1. The van der Waals surface area contributed by atoms with Gasteiger partial charge >= 0.3 is 0 Å². The second-order valence-electron chi connectivity index (χ2n) is 5.14. The summed E-state index contributed by atoms with van der Waals surface area (Å²) in [6, 6.07) is 18.1. The molecule has 0 unspecified atom stereocenters. The van der Waals surface area contributed by atoms with Gasteiger partial charge in [-0.3, -0.25) is 9.78 Å². The first-order valence-corrected chi connectivity index (χ1v) is 8.19. The fourth-order valence-electron chi connectivity index (χ4n) is 2.20. The highest BCUT2D eigenvalue weighted by molar-refractivity contribution is 6.42. The maximum absolute atomic E-state index is 12.2. The molecule has 0 aliphatic heterocycles. The number of aromatic nitrogens is 1. The Bertz CT molecular complexity index is 912. The van der Waals surface area contributed by atoms with E-state index in [2.05, 4.69) is 15.5 Å². The van der Waals surface area contributed by atoms with Crippen LogP contribution in [0, 0.1) is 0 Å². The minimum atomic E-state index is -0.346. The summed E-state index contributed by atoms with van der Waals surface area (Å²) in [5.74, 6) is -0.346. The van der Waals surface area contributed by atoms with Gasteiger partial charge in [-0.1, -0.05) is 59.6 Å². The average molecular weight is 370 g/mol. The normalized spacial score (nSPS) is 11.2. The molecule has 0 saturated heterocycles. The zero-order valence-electron chi connectivity index (χ0n) is 13.0. The molecule has 1 heterocycles. The van der Waals surface area contributed by atoms with E-state index < -0.39 is 0 Å². The molecule has 6 heteroatoms. The molecule has 1 aromatic heterocycles. The molecule has 0 bridgehead atoms. The third kappa shape index (κ3) is 4.24. The predicted octanol–water partition coefficient (Wildman–Crippen LogP) is 4.57. The lowest BCUT2D eigenvalue weighted by Gasteiger charge is -2.09. The third-order valence-electron chi connectivity index (χ3n) is 3.43. The number of halogens is 2. The molecule has 0 fully saturated rings. The largest absolute Gasteiger partial charge is 0.272 e. The second kappa shape index (κ2) is 7.92. The molecule has 0 spiro atoms. The van der Waals surface area contributed by atoms with Crippen LogP contribution in [0.4, 0.5) is 0 Å². The van der Waals surface area contributed by atoms with E-state index >= 15 is 0 Å². The van der Waals surface area contributed by atoms with Gasteiger partial charge in [0.1, 0.15) is 0 Å². The number of carbonyl (C=O) groups is 1. The quantitative estimate of drug-likeness (QED) is 0.540. The smallest absolute Gasteiger partial charge is 0.267 e. The van der Waals surface area contributed by atoms with E-state index in [1.54, 1.807) is 36.5 Å². The second-order valence-corrected chi connectivity index (χ2v) is 5.95. The summed E-state index contributed by atoms with van der Waals surface area (Å²) in [6.07, 6.45) is 3.08. The molecule has 0 radical (unpaired) electrons. The van der Waals surface area contributed by atoms with Gasteiger partial charge in [0.15, 0.2) is 0 Å². The fourth-order valence-corrected chi connectivity index (χ4v) is 2.50. The molecule has 3 rings (SSSR count). The summed E-state index contributed by atoms with van der Waals surface area (Å²) in [7, 11) is 0. The summed E-state index contributed by atoms with van der Waals surface area (Å²) >= 11 is 12.1. The maximum atomic E-state index is 12.2. The van der Waals surface area contributed by atoms with Crippen molar-refractivity contribution in [1.29, 1.82) is 0 Å². The van der Waals surface area contributed by atoms with Crippen molar-refractivity contribution in [3.8, 4) is 0 Å². The molecule has 0 atom stereocenters. The maximum Gasteiger partial charge on any atom is 0.272 e. The lowest BCUT2D eigenvalue weighted by Crippen LogP contribution is -2.20. The van der Waals surface area contributed by atoms with E-state index in [1.165, 1.54) is 6.20 Å². The SMILES string of the molecule is O=C(NN=C(c1ccccc1)c1ccc(Cl)c(Cl)c1)c1cccnc1. The summed E-state index contributed by atoms with van der Waals surface area (Å²) < 4.78 is 0. The molecular weight excluding hydrogens is 357 g/mol. The van der Waals surface area contributed by atoms with Crippen molar-refractivity contribution < 1.29 is 4.79 Å². The molecule has 1 amide bonds. The summed E-state index contributed by atoms with van der Waals surface area (Å²) in [5.41, 5.74) is 5.15. The number of nitrogens with zero attached hydrogens (tertiary/aromatic N) is 2. The zero-order valence-corrected chi connectivity index (χ0v) is 14.5. The van der Waals surface area contributed by atoms with Crippen molar-refractivity contribution in [2.75, 3.05) is 0 Å². The Morgan fingerprint density at radius 1 is 0.880 bits per heavy atom. The van der Waals surface area contributed by atoms with Gasteiger partial charge in [0.2, 0.25) is 0 Å². The molecule has 0 aliphatic rings. The lowest BCUT2D eigenvalue weighted by atomic mass is 10.0. The summed E-state index contributed by atoms with van der Waals surface area (Å²) in [5, 5.41) is 5.17. The van der Waals surface area contributed by atoms with Gasteiger partial charge in [0.05, 0.1) is 21.3 Å². The number of rotatable bonds is 4. The highest BCUT2D eigenvalue weighted by Crippen LogP contribution is 2.24. The van der Waals surface area contributed by atoms with E-state index in [4.69, 9.17) is 23.2 Å². The van der Waals surface area contributed by atoms with Crippen molar-refractivity contribution in [2.45, 2.75) is 0 Å². The predicted molar refractivity (Wildman–Crippen MR) is 100 cm³/mol. The highest BCUT2D eigenvalue weighted by Gasteiger charge is 2.11. The number of carbonyl (C=O) groups excluding carboxylic acids is 1. The molecule has 124 valence electrons. The summed E-state index contributed by atoms with van der Waals surface area (Å²) in [4.78, 5) is 16.2. The molecule has 0 aliphatic carbocycles. The number of amides is 1. The van der Waals surface area contributed by atoms with Gasteiger partial charge in [-0.05, 0) is 24.3 Å². The van der Waals surface area contributed by atoms with Crippen molar-refractivity contribution in [1.82, 2.24) is 10.4 Å². The van der Waals surface area contributed by atoms with Crippen molar-refractivity contribution >= 4 is 34.8 Å². The first-order valence-electron chi connectivity index (χ1n) is 7.44. The molecule has 25 heavy (non-hydrogen) atoms. The Morgan fingerprint density at radius 2 is 1.64 bits per heavy atom. The fraction of sp³-hybridized carbons (Fsp3) is 0. The van der Waals surface area contributed by atoms with Crippen LogP contribution < -0.4 is 5.43 Å². The van der Waals surface area contributed by atoms with Crippen LogP contribution in [0.2, 0.25) is 10.0 Å². The van der Waals surface area contributed by atoms with Crippen LogP contribution in [-0.2, 0) is 0 Å². The monoisotopic (exact) mass is 369 g/mol. The van der Waals surface area contributed by atoms with Gasteiger partial charge in [0, 0.05) is 23.5 Å². The molecule has 3 aromatic rings. The van der Waals surface area contributed by atoms with Crippen LogP contribution >= 0.6 is 23.2 Å². The average Bonchev–Trinajstić information content (AvgIpc) is 2.66. The van der Waals surface area contributed by atoms with Crippen LogP contribution in [0.3, 0.4) is 0 Å². The van der Waals surface area contributed by atoms with E-state index in [1.807, 2.05) is 30.3 Å². The first-order chi connectivity index (χ1) is 12.1. The minimum absolute atomic E-state index is 0.346. The number of benzene rings is 2. The van der Waals surface area contributed by atoms with Crippen LogP contribution in [0.5, 0.6) is 0 Å². The Kier molecular flexibility index (Phi) is 5.43. The number of hydrogen-bond acceptors (Lipinski definition) is 3. The number of pyridine rings is 1. The van der Waals surface area contributed by atoms with Crippen molar-refractivity contribution in [3.05, 3.63) is 99.8 Å². The molecular formula is C19H13Cl2N3O. The van der Waals surface area contributed by atoms with Crippen molar-refractivity contribution in [3.63, 3.8) is 0 Å². The number of hydrazone groups is 1. The van der Waals surface area contributed by atoms with Gasteiger partial charge in [-0.25, -0.2) is 5.43 Å². The van der Waals surface area contributed by atoms with Crippen LogP contribution in [-0.4, -0.2) is 16.6 Å². The standard InChI is InChI=1S/C19H13Cl2N3O/c20-16-9-8-14(11-17(16)21)18(13-5-2-1-3-6-13)23-24-19(25)15-7-4-10-22-12-15/h1-12H,(H,24,25). The Labute approximate surface area is 155 Å². The summed E-state index contributed by atoms with van der Waals surface area (Å²) in [6.45, 7) is 0. The minimum Gasteiger partial charge on any atom is -0.267 e. The third-order valence-corrected chi connectivity index (χ3v) is 4.17. The van der Waals surface area contributed by atoms with Gasteiger partial charge in [-0.15, -0.1) is 0 Å². The van der Waals surface area contributed by atoms with Gasteiger partial charge in [-0.2, -0.15) is 5.10 Å². The van der Waals surface area contributed by atoms with Gasteiger partial charge in [0.25, 0.3) is 5.91 Å². The highest BCUT2D eigenvalue weighted by atomic mass is 35.5. The van der Waals surface area contributed by atoms with Crippen LogP contribution in [0.1, 0.15) is 21.5 Å². The molecule has 1 N–H and O–H groups in total. The van der Waals surface area contributed by atoms with Crippen molar-refractivity contribution in [2.24, 2.45) is 5.10 Å². The Morgan fingerprint density at radius 3 is 2.32 bits per heavy atom. The van der Waals surface area contributed by atoms with E-state index in [0.717, 1.165) is 11.1 Å². The lowest BCUT2D eigenvalue weighted by molar-refractivity contribution is 0.0954. The molecule has 0 saturated carbocycles. The van der Waals surface area contributed by atoms with E-state index in [0.29, 0.717) is 21.3 Å². The molecule has 2 aromatic carbocycles. The topological polar surface area (TPSA) is 54.4 Å². The Hall–Kier alpha value is -2.69. The number of hydrogen-bond donors (Lipinski definition) is 1. The van der Waals surface area contributed by atoms with E-state index in [-0.39, 0.29) is 5.91 Å². The number of nitrogens with one attached hydrogen (secondary N) is 1. The van der Waals surface area contributed by atoms with E-state index in [9.17, 15) is 4.79 Å². The van der Waals surface area contributed by atoms with Gasteiger partial charge < -0.3 is 0 Å².